The van der Waals surface area contributed by atoms with Crippen molar-refractivity contribution < 1.29 is 9.53 Å². The fourth-order valence-corrected chi connectivity index (χ4v) is 3.42. The van der Waals surface area contributed by atoms with E-state index >= 15 is 0 Å². The Hall–Kier alpha value is -2.45. The largest absolute Gasteiger partial charge is 0.444 e. The van der Waals surface area contributed by atoms with E-state index in [9.17, 15) is 10.1 Å². The second-order valence-corrected chi connectivity index (χ2v) is 7.74. The van der Waals surface area contributed by atoms with Gasteiger partial charge in [-0.15, -0.1) is 0 Å². The number of pyridine rings is 1. The Morgan fingerprint density at radius 2 is 2.08 bits per heavy atom. The maximum atomic E-state index is 12.1. The molecule has 0 aliphatic carbocycles. The molecular formula is C16H19N5O2S. The SMILES string of the molecule is CC(C)(C)OC(=O)N1CCC(Sc2nc(N)c(C#N)cc2C#N)C1. The van der Waals surface area contributed by atoms with Crippen LogP contribution in [0.4, 0.5) is 10.6 Å². The number of nitrogens with two attached hydrogens (primary N) is 1. The molecule has 1 aliphatic heterocycles. The molecule has 2 rings (SSSR count). The number of thioether (sulfide) groups is 1. The van der Waals surface area contributed by atoms with Gasteiger partial charge in [-0.1, -0.05) is 11.8 Å². The lowest BCUT2D eigenvalue weighted by Gasteiger charge is -2.24. The smallest absolute Gasteiger partial charge is 0.410 e. The van der Waals surface area contributed by atoms with Gasteiger partial charge in [0, 0.05) is 18.3 Å². The predicted octanol–water partition coefficient (Wildman–Crippen LogP) is 2.51. The van der Waals surface area contributed by atoms with Crippen LogP contribution in [0.3, 0.4) is 0 Å². The molecule has 0 aromatic carbocycles. The van der Waals surface area contributed by atoms with Crippen LogP contribution in [0.5, 0.6) is 0 Å². The first-order chi connectivity index (χ1) is 11.2. The number of nitrogens with zero attached hydrogens (tertiary/aromatic N) is 4. The lowest BCUT2D eigenvalue weighted by molar-refractivity contribution is 0.0295. The number of rotatable bonds is 2. The molecule has 0 radical (unpaired) electrons. The first kappa shape index (κ1) is 17.9. The first-order valence-corrected chi connectivity index (χ1v) is 8.36. The number of amides is 1. The Morgan fingerprint density at radius 1 is 1.42 bits per heavy atom. The number of carbonyl (C=O) groups is 1. The summed E-state index contributed by atoms with van der Waals surface area (Å²) in [5.74, 6) is 0.112. The predicted molar refractivity (Wildman–Crippen MR) is 90.1 cm³/mol. The molecule has 1 aromatic rings. The van der Waals surface area contributed by atoms with Gasteiger partial charge in [-0.2, -0.15) is 10.5 Å². The highest BCUT2D eigenvalue weighted by molar-refractivity contribution is 8.00. The molecular weight excluding hydrogens is 326 g/mol. The molecule has 2 N–H and O–H groups in total. The molecule has 126 valence electrons. The molecule has 1 aliphatic rings. The van der Waals surface area contributed by atoms with Gasteiger partial charge in [0.15, 0.2) is 0 Å². The van der Waals surface area contributed by atoms with Gasteiger partial charge in [-0.25, -0.2) is 9.78 Å². The Kier molecular flexibility index (Phi) is 5.20. The second kappa shape index (κ2) is 6.98. The van der Waals surface area contributed by atoms with E-state index in [1.165, 1.54) is 17.8 Å². The number of nitrogen functional groups attached to an aromatic ring is 1. The first-order valence-electron chi connectivity index (χ1n) is 7.49. The summed E-state index contributed by atoms with van der Waals surface area (Å²) < 4.78 is 5.37. The van der Waals surface area contributed by atoms with Crippen molar-refractivity contribution in [1.82, 2.24) is 9.88 Å². The number of anilines is 1. The lowest BCUT2D eigenvalue weighted by atomic mass is 10.2. The van der Waals surface area contributed by atoms with E-state index in [2.05, 4.69) is 4.98 Å². The van der Waals surface area contributed by atoms with Gasteiger partial charge < -0.3 is 15.4 Å². The highest BCUT2D eigenvalue weighted by Crippen LogP contribution is 2.32. The Morgan fingerprint density at radius 3 is 2.67 bits per heavy atom. The Balaban J connectivity index is 2.06. The van der Waals surface area contributed by atoms with Gasteiger partial charge in [0.1, 0.15) is 28.6 Å². The molecule has 24 heavy (non-hydrogen) atoms. The van der Waals surface area contributed by atoms with Crippen molar-refractivity contribution in [3.8, 4) is 12.1 Å². The van der Waals surface area contributed by atoms with Crippen LogP contribution in [0.25, 0.3) is 0 Å². The summed E-state index contributed by atoms with van der Waals surface area (Å²) in [6, 6.07) is 5.41. The lowest BCUT2D eigenvalue weighted by Crippen LogP contribution is -2.35. The third-order valence-corrected chi connectivity index (χ3v) is 4.59. The van der Waals surface area contributed by atoms with Crippen LogP contribution in [0.15, 0.2) is 11.1 Å². The van der Waals surface area contributed by atoms with Crippen molar-refractivity contribution in [3.05, 3.63) is 17.2 Å². The van der Waals surface area contributed by atoms with Gasteiger partial charge in [0.05, 0.1) is 11.1 Å². The van der Waals surface area contributed by atoms with Crippen LogP contribution in [0, 0.1) is 22.7 Å². The number of ether oxygens (including phenoxy) is 1. The molecule has 0 spiro atoms. The van der Waals surface area contributed by atoms with Crippen LogP contribution < -0.4 is 5.73 Å². The number of hydrogen-bond donors (Lipinski definition) is 1. The fourth-order valence-electron chi connectivity index (χ4n) is 2.24. The minimum absolute atomic E-state index is 0.101. The van der Waals surface area contributed by atoms with E-state index < -0.39 is 5.60 Å². The van der Waals surface area contributed by atoms with Crippen LogP contribution >= 0.6 is 11.8 Å². The van der Waals surface area contributed by atoms with Gasteiger partial charge >= 0.3 is 6.09 Å². The summed E-state index contributed by atoms with van der Waals surface area (Å²) in [5.41, 5.74) is 5.72. The third kappa shape index (κ3) is 4.30. The molecule has 7 nitrogen and oxygen atoms in total. The Labute approximate surface area is 145 Å². The average Bonchev–Trinajstić information content (AvgIpc) is 2.94. The van der Waals surface area contributed by atoms with Crippen LogP contribution in [-0.2, 0) is 4.74 Å². The maximum absolute atomic E-state index is 12.1. The zero-order chi connectivity index (χ0) is 17.9. The standard InChI is InChI=1S/C16H19N5O2S/c1-16(2,3)23-15(22)21-5-4-12(9-21)24-14-11(8-18)6-10(7-17)13(19)20-14/h6,12H,4-5,9H2,1-3H3,(H2,19,20). The van der Waals surface area contributed by atoms with Crippen molar-refractivity contribution in [1.29, 1.82) is 10.5 Å². The normalized spacial score (nSPS) is 17.2. The Bertz CT molecular complexity index is 730. The highest BCUT2D eigenvalue weighted by Gasteiger charge is 2.31. The molecule has 1 saturated heterocycles. The molecule has 1 atom stereocenters. The minimum Gasteiger partial charge on any atom is -0.444 e. The summed E-state index contributed by atoms with van der Waals surface area (Å²) in [6.07, 6.45) is 0.439. The van der Waals surface area contributed by atoms with Crippen molar-refractivity contribution in [2.24, 2.45) is 0 Å². The van der Waals surface area contributed by atoms with E-state index in [1.807, 2.05) is 32.9 Å². The zero-order valence-corrected chi connectivity index (χ0v) is 14.7. The quantitative estimate of drug-likeness (QED) is 0.875. The number of hydrogen-bond acceptors (Lipinski definition) is 7. The van der Waals surface area contributed by atoms with Gasteiger partial charge in [0.25, 0.3) is 0 Å². The topological polar surface area (TPSA) is 116 Å². The van der Waals surface area contributed by atoms with Gasteiger partial charge in [0.2, 0.25) is 0 Å². The molecule has 0 saturated carbocycles. The second-order valence-electron chi connectivity index (χ2n) is 6.45. The third-order valence-electron chi connectivity index (χ3n) is 3.33. The number of likely N-dealkylation sites (tertiary alicyclic amines) is 1. The van der Waals surface area contributed by atoms with Crippen molar-refractivity contribution in [2.75, 3.05) is 18.8 Å². The fraction of sp³-hybridized carbons (Fsp3) is 0.500. The number of carbonyl (C=O) groups excluding carboxylic acids is 1. The van der Waals surface area contributed by atoms with Crippen LogP contribution in [-0.4, -0.2) is 39.9 Å². The number of aromatic nitrogens is 1. The summed E-state index contributed by atoms with van der Waals surface area (Å²) in [7, 11) is 0. The summed E-state index contributed by atoms with van der Waals surface area (Å²) in [4.78, 5) is 17.9. The van der Waals surface area contributed by atoms with Crippen LogP contribution in [0.1, 0.15) is 38.3 Å². The van der Waals surface area contributed by atoms with Crippen LogP contribution in [0.2, 0.25) is 0 Å². The highest BCUT2D eigenvalue weighted by atomic mass is 32.2. The van der Waals surface area contributed by atoms with E-state index in [0.29, 0.717) is 23.7 Å². The summed E-state index contributed by atoms with van der Waals surface area (Å²) in [5, 5.41) is 18.8. The maximum Gasteiger partial charge on any atom is 0.410 e. The molecule has 0 bridgehead atoms. The van der Waals surface area contributed by atoms with Crippen molar-refractivity contribution in [2.45, 2.75) is 43.1 Å². The minimum atomic E-state index is -0.528. The van der Waals surface area contributed by atoms with E-state index in [0.717, 1.165) is 6.42 Å². The molecule has 8 heteroatoms. The molecule has 1 aromatic heterocycles. The monoisotopic (exact) mass is 345 g/mol. The van der Waals surface area contributed by atoms with Crippen molar-refractivity contribution in [3.63, 3.8) is 0 Å². The molecule has 2 heterocycles. The molecule has 1 amide bonds. The molecule has 1 fully saturated rings. The number of nitriles is 2. The zero-order valence-electron chi connectivity index (χ0n) is 13.9. The van der Waals surface area contributed by atoms with Gasteiger partial charge in [-0.05, 0) is 33.3 Å². The average molecular weight is 345 g/mol. The van der Waals surface area contributed by atoms with Crippen molar-refractivity contribution >= 4 is 23.7 Å². The van der Waals surface area contributed by atoms with E-state index in [1.54, 1.807) is 4.90 Å². The summed E-state index contributed by atoms with van der Waals surface area (Å²) >= 11 is 1.40. The van der Waals surface area contributed by atoms with Gasteiger partial charge in [-0.3, -0.25) is 0 Å². The summed E-state index contributed by atoms with van der Waals surface area (Å²) in [6.45, 7) is 6.60. The van der Waals surface area contributed by atoms with E-state index in [-0.39, 0.29) is 22.7 Å². The van der Waals surface area contributed by atoms with E-state index in [4.69, 9.17) is 15.7 Å². The molecule has 1 unspecified atom stereocenters.